The molecular weight excluding hydrogens is 389 g/mol. The van der Waals surface area contributed by atoms with Crippen LogP contribution in [-0.4, -0.2) is 57.3 Å². The van der Waals surface area contributed by atoms with Crippen LogP contribution in [0.5, 0.6) is 0 Å². The van der Waals surface area contributed by atoms with Crippen molar-refractivity contribution in [2.24, 2.45) is 0 Å². The first kappa shape index (κ1) is 19.9. The zero-order chi connectivity index (χ0) is 21.5. The van der Waals surface area contributed by atoms with Gasteiger partial charge in [-0.05, 0) is 39.0 Å². The zero-order valence-corrected chi connectivity index (χ0v) is 17.2. The number of aromatic amines is 1. The Kier molecular flexibility index (Phi) is 4.97. The molecule has 3 aromatic rings. The van der Waals surface area contributed by atoms with Gasteiger partial charge in [0, 0.05) is 38.4 Å². The van der Waals surface area contributed by atoms with Gasteiger partial charge in [-0.15, -0.1) is 0 Å². The number of hydrogen-bond donors (Lipinski definition) is 1. The summed E-state index contributed by atoms with van der Waals surface area (Å²) in [4.78, 5) is 35.0. The van der Waals surface area contributed by atoms with Crippen molar-refractivity contribution in [3.05, 3.63) is 53.0 Å². The lowest BCUT2D eigenvalue weighted by Crippen LogP contribution is -2.50. The number of piperazine rings is 1. The van der Waals surface area contributed by atoms with Crippen molar-refractivity contribution in [1.29, 1.82) is 0 Å². The number of aromatic nitrogens is 3. The summed E-state index contributed by atoms with van der Waals surface area (Å²) >= 11 is 0. The van der Waals surface area contributed by atoms with Gasteiger partial charge < -0.3 is 19.5 Å². The molecule has 0 unspecified atom stereocenters. The Labute approximate surface area is 172 Å². The molecule has 0 aliphatic carbocycles. The van der Waals surface area contributed by atoms with E-state index >= 15 is 0 Å². The average Bonchev–Trinajstić information content (AvgIpc) is 3.01. The minimum atomic E-state index is -0.560. The Morgan fingerprint density at radius 1 is 1.20 bits per heavy atom. The summed E-state index contributed by atoms with van der Waals surface area (Å²) < 4.78 is 21.7. The molecule has 3 heterocycles. The van der Waals surface area contributed by atoms with E-state index in [2.05, 4.69) is 9.97 Å². The molecule has 1 fully saturated rings. The monoisotopic (exact) mass is 413 g/mol. The van der Waals surface area contributed by atoms with Gasteiger partial charge in [-0.2, -0.15) is 0 Å². The lowest BCUT2D eigenvalue weighted by molar-refractivity contribution is 0.0240. The summed E-state index contributed by atoms with van der Waals surface area (Å²) in [5.74, 6) is -0.423. The molecule has 0 radical (unpaired) electrons. The molecule has 0 saturated carbocycles. The smallest absolute Gasteiger partial charge is 0.410 e. The Bertz CT molecular complexity index is 1130. The van der Waals surface area contributed by atoms with Gasteiger partial charge in [0.1, 0.15) is 11.4 Å². The van der Waals surface area contributed by atoms with E-state index in [-0.39, 0.29) is 11.8 Å². The van der Waals surface area contributed by atoms with Crippen LogP contribution in [0.3, 0.4) is 0 Å². The average molecular weight is 413 g/mol. The first-order chi connectivity index (χ1) is 14.2. The third-order valence-electron chi connectivity index (χ3n) is 4.93. The minimum Gasteiger partial charge on any atom is -0.444 e. The fourth-order valence-corrected chi connectivity index (χ4v) is 3.56. The van der Waals surface area contributed by atoms with Gasteiger partial charge >= 0.3 is 11.8 Å². The van der Waals surface area contributed by atoms with E-state index in [1.54, 1.807) is 35.5 Å². The van der Waals surface area contributed by atoms with E-state index in [9.17, 15) is 14.0 Å². The molecule has 1 aliphatic rings. The van der Waals surface area contributed by atoms with Crippen molar-refractivity contribution in [3.63, 3.8) is 0 Å². The van der Waals surface area contributed by atoms with Gasteiger partial charge in [0.15, 0.2) is 0 Å². The van der Waals surface area contributed by atoms with Crippen LogP contribution in [-0.2, 0) is 4.74 Å². The predicted molar refractivity (Wildman–Crippen MR) is 112 cm³/mol. The number of fused-ring (bicyclic) bond motifs is 1. The molecule has 0 spiro atoms. The van der Waals surface area contributed by atoms with Crippen molar-refractivity contribution in [1.82, 2.24) is 19.4 Å². The van der Waals surface area contributed by atoms with Crippen LogP contribution in [0.1, 0.15) is 20.8 Å². The summed E-state index contributed by atoms with van der Waals surface area (Å²) in [6.45, 7) is 7.25. The zero-order valence-electron chi connectivity index (χ0n) is 17.2. The minimum absolute atomic E-state index is 0.357. The Hall–Kier alpha value is -3.36. The second-order valence-corrected chi connectivity index (χ2v) is 8.25. The molecule has 2 aromatic heterocycles. The molecule has 9 heteroatoms. The van der Waals surface area contributed by atoms with E-state index in [1.165, 1.54) is 10.6 Å². The molecule has 0 atom stereocenters. The quantitative estimate of drug-likeness (QED) is 0.699. The van der Waals surface area contributed by atoms with Gasteiger partial charge in [-0.25, -0.2) is 14.0 Å². The van der Waals surface area contributed by atoms with Crippen molar-refractivity contribution in [2.75, 3.05) is 31.1 Å². The second kappa shape index (κ2) is 7.47. The molecule has 1 saturated heterocycles. The second-order valence-electron chi connectivity index (χ2n) is 8.25. The number of benzene rings is 1. The number of imidazole rings is 1. The summed E-state index contributed by atoms with van der Waals surface area (Å²) in [5.41, 5.74) is 1.06. The van der Waals surface area contributed by atoms with Crippen LogP contribution >= 0.6 is 0 Å². The van der Waals surface area contributed by atoms with Crippen LogP contribution in [0.4, 0.5) is 14.9 Å². The van der Waals surface area contributed by atoms with Gasteiger partial charge in [0.05, 0.1) is 28.6 Å². The molecule has 4 rings (SSSR count). The third-order valence-corrected chi connectivity index (χ3v) is 4.93. The maximum atomic E-state index is 14.8. The van der Waals surface area contributed by atoms with Gasteiger partial charge in [0.25, 0.3) is 0 Å². The molecule has 1 N–H and O–H groups in total. The number of carbonyl (C=O) groups excluding carboxylic acids is 1. The van der Waals surface area contributed by atoms with Gasteiger partial charge in [-0.3, -0.25) is 9.55 Å². The highest BCUT2D eigenvalue weighted by molar-refractivity contribution is 5.82. The first-order valence-corrected chi connectivity index (χ1v) is 9.80. The predicted octanol–water partition coefficient (Wildman–Crippen LogP) is 2.91. The SMILES string of the molecule is CC(C)(C)OC(=O)N1CCN(c2cc3c(cc2F)[nH]c(=O)n3-c2cccnc2)CC1. The summed E-state index contributed by atoms with van der Waals surface area (Å²) in [6, 6.07) is 6.50. The molecule has 158 valence electrons. The number of hydrogen-bond acceptors (Lipinski definition) is 5. The largest absolute Gasteiger partial charge is 0.444 e. The normalized spacial score (nSPS) is 14.9. The Morgan fingerprint density at radius 2 is 1.93 bits per heavy atom. The van der Waals surface area contributed by atoms with E-state index < -0.39 is 11.4 Å². The maximum Gasteiger partial charge on any atom is 0.410 e. The van der Waals surface area contributed by atoms with Crippen LogP contribution in [0.2, 0.25) is 0 Å². The van der Waals surface area contributed by atoms with E-state index in [1.807, 2.05) is 25.7 Å². The fourth-order valence-electron chi connectivity index (χ4n) is 3.56. The van der Waals surface area contributed by atoms with E-state index in [0.717, 1.165) is 0 Å². The van der Waals surface area contributed by atoms with Crippen molar-refractivity contribution in [3.8, 4) is 5.69 Å². The number of halogens is 1. The maximum absolute atomic E-state index is 14.8. The highest BCUT2D eigenvalue weighted by Crippen LogP contribution is 2.27. The Balaban J connectivity index is 1.60. The lowest BCUT2D eigenvalue weighted by atomic mass is 10.2. The number of nitrogens with zero attached hydrogens (tertiary/aromatic N) is 4. The van der Waals surface area contributed by atoms with Crippen LogP contribution < -0.4 is 10.6 Å². The molecule has 1 amide bonds. The van der Waals surface area contributed by atoms with Crippen molar-refractivity contribution >= 4 is 22.8 Å². The van der Waals surface area contributed by atoms with Crippen LogP contribution in [0, 0.1) is 5.82 Å². The molecule has 1 aliphatic heterocycles. The highest BCUT2D eigenvalue weighted by atomic mass is 19.1. The topological polar surface area (TPSA) is 83.5 Å². The standard InChI is InChI=1S/C21H24FN5O3/c1-21(2,3)30-20(29)26-9-7-25(8-10-26)17-12-18-16(11-15(17)22)24-19(28)27(18)14-5-4-6-23-13-14/h4-6,11-13H,7-10H2,1-3H3,(H,24,28). The third kappa shape index (κ3) is 3.87. The number of nitrogens with one attached hydrogen (secondary N) is 1. The first-order valence-electron chi connectivity index (χ1n) is 9.80. The highest BCUT2D eigenvalue weighted by Gasteiger charge is 2.27. The van der Waals surface area contributed by atoms with Gasteiger partial charge in [-0.1, -0.05) is 0 Å². The van der Waals surface area contributed by atoms with E-state index in [0.29, 0.717) is 48.6 Å². The van der Waals surface area contributed by atoms with Gasteiger partial charge in [0.2, 0.25) is 0 Å². The molecular formula is C21H24FN5O3. The number of rotatable bonds is 2. The van der Waals surface area contributed by atoms with Crippen LogP contribution in [0.25, 0.3) is 16.7 Å². The number of ether oxygens (including phenoxy) is 1. The summed E-state index contributed by atoms with van der Waals surface area (Å²) in [6.07, 6.45) is 2.84. The molecule has 8 nitrogen and oxygen atoms in total. The molecule has 30 heavy (non-hydrogen) atoms. The number of amides is 1. The van der Waals surface area contributed by atoms with Crippen LogP contribution in [0.15, 0.2) is 41.5 Å². The number of anilines is 1. The van der Waals surface area contributed by atoms with Crippen molar-refractivity contribution < 1.29 is 13.9 Å². The van der Waals surface area contributed by atoms with Crippen molar-refractivity contribution in [2.45, 2.75) is 26.4 Å². The summed E-state index contributed by atoms with van der Waals surface area (Å²) in [5, 5.41) is 0. The summed E-state index contributed by atoms with van der Waals surface area (Å²) in [7, 11) is 0. The Morgan fingerprint density at radius 3 is 2.57 bits per heavy atom. The lowest BCUT2D eigenvalue weighted by Gasteiger charge is -2.36. The molecule has 1 aromatic carbocycles. The molecule has 0 bridgehead atoms. The number of pyridine rings is 1. The fraction of sp³-hybridized carbons (Fsp3) is 0.381. The van der Waals surface area contributed by atoms with E-state index in [4.69, 9.17) is 4.74 Å². The number of H-pyrrole nitrogens is 1. The number of carbonyl (C=O) groups is 1.